The number of hydrogen-bond donors (Lipinski definition) is 2. The first-order valence-electron chi connectivity index (χ1n) is 10.2. The number of anilines is 3. The second-order valence-corrected chi connectivity index (χ2v) is 8.44. The minimum Gasteiger partial charge on any atom is -0.394 e. The number of aromatic nitrogens is 6. The first-order valence-corrected chi connectivity index (χ1v) is 11.0. The zero-order valence-electron chi connectivity index (χ0n) is 16.6. The fourth-order valence-electron chi connectivity index (χ4n) is 4.13. The summed E-state index contributed by atoms with van der Waals surface area (Å²) >= 11 is 1.66. The molecule has 1 unspecified atom stereocenters. The van der Waals surface area contributed by atoms with E-state index in [0.717, 1.165) is 40.8 Å². The lowest BCUT2D eigenvalue weighted by Crippen LogP contribution is -2.34. The minimum atomic E-state index is 0.0555. The Morgan fingerprint density at radius 1 is 1.23 bits per heavy atom. The van der Waals surface area contributed by atoms with Gasteiger partial charge in [-0.05, 0) is 42.5 Å². The Kier molecular flexibility index (Phi) is 4.32. The summed E-state index contributed by atoms with van der Waals surface area (Å²) < 4.78 is 4.92. The summed E-state index contributed by atoms with van der Waals surface area (Å²) in [4.78, 5) is 15.8. The van der Waals surface area contributed by atoms with Crippen molar-refractivity contribution in [1.82, 2.24) is 29.1 Å². The van der Waals surface area contributed by atoms with Crippen molar-refractivity contribution in [3.63, 3.8) is 0 Å². The van der Waals surface area contributed by atoms with E-state index in [1.807, 2.05) is 57.3 Å². The van der Waals surface area contributed by atoms with Gasteiger partial charge in [0.05, 0.1) is 34.7 Å². The van der Waals surface area contributed by atoms with Crippen molar-refractivity contribution in [1.29, 1.82) is 0 Å². The van der Waals surface area contributed by atoms with Crippen LogP contribution in [0.2, 0.25) is 0 Å². The average molecular weight is 433 g/mol. The third-order valence-corrected chi connectivity index (χ3v) is 6.58. The molecular weight excluding hydrogens is 412 g/mol. The largest absolute Gasteiger partial charge is 0.394 e. The quantitative estimate of drug-likeness (QED) is 0.440. The predicted molar refractivity (Wildman–Crippen MR) is 120 cm³/mol. The van der Waals surface area contributed by atoms with E-state index in [0.29, 0.717) is 17.6 Å². The summed E-state index contributed by atoms with van der Waals surface area (Å²) in [6.07, 6.45) is 9.41. The van der Waals surface area contributed by atoms with Crippen LogP contribution < -0.4 is 10.2 Å². The van der Waals surface area contributed by atoms with Crippen LogP contribution in [0.15, 0.2) is 54.6 Å². The Labute approximate surface area is 181 Å². The first kappa shape index (κ1) is 18.3. The fourth-order valence-corrected chi connectivity index (χ4v) is 5.00. The van der Waals surface area contributed by atoms with Crippen molar-refractivity contribution < 1.29 is 5.11 Å². The second kappa shape index (κ2) is 7.33. The number of pyridine rings is 1. The summed E-state index contributed by atoms with van der Waals surface area (Å²) in [7, 11) is 0. The van der Waals surface area contributed by atoms with E-state index in [2.05, 4.69) is 25.3 Å². The molecule has 6 rings (SSSR count). The predicted octanol–water partition coefficient (Wildman–Crippen LogP) is 3.23. The van der Waals surface area contributed by atoms with Gasteiger partial charge in [0.1, 0.15) is 17.7 Å². The molecule has 10 heteroatoms. The molecule has 5 aromatic rings. The van der Waals surface area contributed by atoms with Crippen LogP contribution >= 0.6 is 11.3 Å². The average Bonchev–Trinajstić information content (AvgIpc) is 3.59. The van der Waals surface area contributed by atoms with Gasteiger partial charge >= 0.3 is 0 Å². The molecule has 0 saturated carbocycles. The van der Waals surface area contributed by atoms with Gasteiger partial charge in [0.2, 0.25) is 5.95 Å². The molecule has 6 heterocycles. The highest BCUT2D eigenvalue weighted by Gasteiger charge is 2.27. The molecule has 1 aliphatic rings. The van der Waals surface area contributed by atoms with Gasteiger partial charge in [-0.25, -0.2) is 9.50 Å². The number of hydrogen-bond acceptors (Lipinski definition) is 8. The van der Waals surface area contributed by atoms with Crippen molar-refractivity contribution in [2.45, 2.75) is 18.9 Å². The van der Waals surface area contributed by atoms with Gasteiger partial charge in [-0.1, -0.05) is 0 Å². The van der Waals surface area contributed by atoms with Gasteiger partial charge in [0.15, 0.2) is 5.82 Å². The number of nitrogens with one attached hydrogen (secondary N) is 1. The SMILES string of the molecule is OCC1CCCN1c1nc(Nc2cn(-c3ccnc4ccsc34)cn2)c2cccn2n1. The fraction of sp³-hybridized carbons (Fsp3) is 0.238. The molecule has 0 amide bonds. The Morgan fingerprint density at radius 2 is 2.19 bits per heavy atom. The van der Waals surface area contributed by atoms with Crippen molar-refractivity contribution in [3.8, 4) is 5.69 Å². The van der Waals surface area contributed by atoms with Crippen LogP contribution in [0.1, 0.15) is 12.8 Å². The van der Waals surface area contributed by atoms with Crippen LogP contribution in [0.5, 0.6) is 0 Å². The van der Waals surface area contributed by atoms with E-state index in [-0.39, 0.29) is 12.6 Å². The molecule has 0 radical (unpaired) electrons. The standard InChI is InChI=1S/C21H20N8OS/c30-12-14-3-1-8-28(14)21-25-20(17-4-2-9-29(17)26-21)24-18-11-27(13-23-18)16-5-7-22-15-6-10-31-19(15)16/h2,4-7,9-11,13-14,30H,1,3,8,12H2,(H,24,25,26). The first-order chi connectivity index (χ1) is 15.3. The normalized spacial score (nSPS) is 16.5. The zero-order valence-corrected chi connectivity index (χ0v) is 17.4. The summed E-state index contributed by atoms with van der Waals surface area (Å²) in [5, 5.41) is 19.8. The smallest absolute Gasteiger partial charge is 0.245 e. The molecule has 9 nitrogen and oxygen atoms in total. The Morgan fingerprint density at radius 3 is 3.13 bits per heavy atom. The van der Waals surface area contributed by atoms with Crippen LogP contribution in [-0.2, 0) is 0 Å². The molecule has 5 aromatic heterocycles. The van der Waals surface area contributed by atoms with E-state index in [4.69, 9.17) is 4.98 Å². The molecule has 1 aliphatic heterocycles. The van der Waals surface area contributed by atoms with Gasteiger partial charge in [-0.15, -0.1) is 16.4 Å². The molecule has 0 bridgehead atoms. The number of aliphatic hydroxyl groups is 1. The number of rotatable bonds is 5. The summed E-state index contributed by atoms with van der Waals surface area (Å²) in [5.74, 6) is 1.98. The van der Waals surface area contributed by atoms with E-state index in [9.17, 15) is 5.11 Å². The highest BCUT2D eigenvalue weighted by Crippen LogP contribution is 2.29. The molecule has 31 heavy (non-hydrogen) atoms. The maximum Gasteiger partial charge on any atom is 0.245 e. The molecule has 1 saturated heterocycles. The molecule has 1 fully saturated rings. The van der Waals surface area contributed by atoms with Crippen LogP contribution in [0, 0.1) is 0 Å². The molecule has 0 spiro atoms. The summed E-state index contributed by atoms with van der Waals surface area (Å²) in [6.45, 7) is 0.939. The van der Waals surface area contributed by atoms with Crippen LogP contribution in [0.3, 0.4) is 0 Å². The van der Waals surface area contributed by atoms with E-state index < -0.39 is 0 Å². The number of aliphatic hydroxyl groups excluding tert-OH is 1. The lowest BCUT2D eigenvalue weighted by Gasteiger charge is -2.23. The van der Waals surface area contributed by atoms with Crippen molar-refractivity contribution in [2.24, 2.45) is 0 Å². The van der Waals surface area contributed by atoms with Crippen LogP contribution in [-0.4, -0.2) is 53.4 Å². The Balaban J connectivity index is 1.36. The zero-order chi connectivity index (χ0) is 20.8. The number of thiophene rings is 1. The van der Waals surface area contributed by atoms with E-state index >= 15 is 0 Å². The topological polar surface area (TPSA) is 96.4 Å². The molecule has 1 atom stereocenters. The summed E-state index contributed by atoms with van der Waals surface area (Å²) in [6, 6.07) is 7.97. The van der Waals surface area contributed by atoms with Crippen LogP contribution in [0.25, 0.3) is 21.4 Å². The molecule has 0 aliphatic carbocycles. The molecular formula is C21H20N8OS. The van der Waals surface area contributed by atoms with Gasteiger partial charge in [-0.2, -0.15) is 4.98 Å². The van der Waals surface area contributed by atoms with Gasteiger partial charge < -0.3 is 19.9 Å². The molecule has 156 valence electrons. The monoisotopic (exact) mass is 432 g/mol. The maximum atomic E-state index is 9.71. The summed E-state index contributed by atoms with van der Waals surface area (Å²) in [5.41, 5.74) is 2.88. The van der Waals surface area contributed by atoms with E-state index in [1.165, 1.54) is 0 Å². The highest BCUT2D eigenvalue weighted by atomic mass is 32.1. The van der Waals surface area contributed by atoms with Gasteiger partial charge in [-0.3, -0.25) is 4.98 Å². The molecule has 2 N–H and O–H groups in total. The maximum absolute atomic E-state index is 9.71. The van der Waals surface area contributed by atoms with Crippen LogP contribution in [0.4, 0.5) is 17.6 Å². The van der Waals surface area contributed by atoms with Gasteiger partial charge in [0.25, 0.3) is 0 Å². The van der Waals surface area contributed by atoms with Crippen molar-refractivity contribution in [3.05, 3.63) is 54.6 Å². The second-order valence-electron chi connectivity index (χ2n) is 7.53. The minimum absolute atomic E-state index is 0.0555. The third kappa shape index (κ3) is 3.11. The van der Waals surface area contributed by atoms with E-state index in [1.54, 1.807) is 17.7 Å². The Bertz CT molecular complexity index is 1370. The van der Waals surface area contributed by atoms with Crippen molar-refractivity contribution in [2.75, 3.05) is 23.4 Å². The number of fused-ring (bicyclic) bond motifs is 2. The highest BCUT2D eigenvalue weighted by molar-refractivity contribution is 7.17. The number of imidazole rings is 1. The Hall–Kier alpha value is -3.50. The molecule has 0 aromatic carbocycles. The third-order valence-electron chi connectivity index (χ3n) is 5.65. The number of nitrogens with zero attached hydrogens (tertiary/aromatic N) is 7. The van der Waals surface area contributed by atoms with Crippen molar-refractivity contribution >= 4 is 44.7 Å². The van der Waals surface area contributed by atoms with Gasteiger partial charge in [0, 0.05) is 18.9 Å². The lowest BCUT2D eigenvalue weighted by molar-refractivity contribution is 0.265. The lowest BCUT2D eigenvalue weighted by atomic mass is 10.2.